The molecule has 0 spiro atoms. The standard InChI is InChI=1S/C12H14N2OS/c1-8-6-16-7-11(8)12-14-10(5-15-12)4-13-9-2-3-9/h5-7,9,13H,2-4H2,1H3. The van der Waals surface area contributed by atoms with Crippen molar-refractivity contribution in [1.29, 1.82) is 0 Å². The summed E-state index contributed by atoms with van der Waals surface area (Å²) in [6.45, 7) is 2.90. The van der Waals surface area contributed by atoms with Gasteiger partial charge in [0.25, 0.3) is 0 Å². The molecular formula is C12H14N2OS. The maximum Gasteiger partial charge on any atom is 0.227 e. The highest BCUT2D eigenvalue weighted by molar-refractivity contribution is 7.08. The molecule has 3 nitrogen and oxygen atoms in total. The molecule has 0 radical (unpaired) electrons. The van der Waals surface area contributed by atoms with Crippen LogP contribution in [0, 0.1) is 6.92 Å². The predicted octanol–water partition coefficient (Wildman–Crippen LogP) is 2.96. The van der Waals surface area contributed by atoms with Gasteiger partial charge in [-0.25, -0.2) is 4.98 Å². The van der Waals surface area contributed by atoms with Gasteiger partial charge in [0.2, 0.25) is 5.89 Å². The molecule has 4 heteroatoms. The summed E-state index contributed by atoms with van der Waals surface area (Å²) in [5.41, 5.74) is 3.34. The summed E-state index contributed by atoms with van der Waals surface area (Å²) in [6.07, 6.45) is 4.35. The van der Waals surface area contributed by atoms with E-state index in [1.165, 1.54) is 18.4 Å². The van der Waals surface area contributed by atoms with Crippen molar-refractivity contribution in [2.24, 2.45) is 0 Å². The van der Waals surface area contributed by atoms with Gasteiger partial charge in [0.15, 0.2) is 0 Å². The maximum atomic E-state index is 5.50. The van der Waals surface area contributed by atoms with Crippen molar-refractivity contribution in [2.45, 2.75) is 32.4 Å². The monoisotopic (exact) mass is 234 g/mol. The molecule has 0 saturated heterocycles. The van der Waals surface area contributed by atoms with Crippen molar-refractivity contribution >= 4 is 11.3 Å². The Bertz CT molecular complexity index is 485. The fourth-order valence-electron chi connectivity index (χ4n) is 1.63. The first-order chi connectivity index (χ1) is 7.83. The summed E-state index contributed by atoms with van der Waals surface area (Å²) in [6, 6.07) is 0.711. The second-order valence-corrected chi connectivity index (χ2v) is 5.01. The number of hydrogen-bond donors (Lipinski definition) is 1. The third kappa shape index (κ3) is 2.03. The minimum Gasteiger partial charge on any atom is -0.444 e. The fraction of sp³-hybridized carbons (Fsp3) is 0.417. The van der Waals surface area contributed by atoms with Crippen LogP contribution in [0.25, 0.3) is 11.5 Å². The quantitative estimate of drug-likeness (QED) is 0.883. The molecule has 0 aromatic carbocycles. The van der Waals surface area contributed by atoms with Gasteiger partial charge >= 0.3 is 0 Å². The molecule has 3 rings (SSSR count). The Morgan fingerprint density at radius 2 is 2.38 bits per heavy atom. The summed E-state index contributed by atoms with van der Waals surface area (Å²) >= 11 is 1.68. The van der Waals surface area contributed by atoms with Crippen molar-refractivity contribution in [3.05, 3.63) is 28.3 Å². The lowest BCUT2D eigenvalue weighted by Crippen LogP contribution is -2.15. The predicted molar refractivity (Wildman–Crippen MR) is 64.4 cm³/mol. The van der Waals surface area contributed by atoms with E-state index in [2.05, 4.69) is 28.0 Å². The molecule has 0 atom stereocenters. The number of thiophene rings is 1. The zero-order valence-electron chi connectivity index (χ0n) is 9.19. The smallest absolute Gasteiger partial charge is 0.227 e. The molecule has 2 aromatic heterocycles. The number of oxazole rings is 1. The van der Waals surface area contributed by atoms with E-state index in [9.17, 15) is 0 Å². The topological polar surface area (TPSA) is 38.1 Å². The zero-order valence-corrected chi connectivity index (χ0v) is 10.0. The average Bonchev–Trinajstić information content (AvgIpc) is 2.82. The summed E-state index contributed by atoms with van der Waals surface area (Å²) in [4.78, 5) is 4.49. The molecule has 0 aliphatic heterocycles. The minimum atomic E-state index is 0.711. The molecule has 1 N–H and O–H groups in total. The number of hydrogen-bond acceptors (Lipinski definition) is 4. The van der Waals surface area contributed by atoms with Gasteiger partial charge in [-0.1, -0.05) is 0 Å². The number of rotatable bonds is 4. The molecule has 0 bridgehead atoms. The molecule has 2 aromatic rings. The van der Waals surface area contributed by atoms with Crippen molar-refractivity contribution in [2.75, 3.05) is 0 Å². The minimum absolute atomic E-state index is 0.711. The van der Waals surface area contributed by atoms with Crippen molar-refractivity contribution < 1.29 is 4.42 Å². The van der Waals surface area contributed by atoms with Gasteiger partial charge in [0, 0.05) is 18.0 Å². The Morgan fingerprint density at radius 3 is 3.06 bits per heavy atom. The molecule has 1 aliphatic carbocycles. The van der Waals surface area contributed by atoms with Crippen LogP contribution < -0.4 is 5.32 Å². The Balaban J connectivity index is 1.74. The number of aryl methyl sites for hydroxylation is 1. The van der Waals surface area contributed by atoms with Crippen LogP contribution in [0.15, 0.2) is 21.4 Å². The van der Waals surface area contributed by atoms with Crippen molar-refractivity contribution in [1.82, 2.24) is 10.3 Å². The highest BCUT2D eigenvalue weighted by atomic mass is 32.1. The first kappa shape index (κ1) is 10.1. The number of nitrogens with one attached hydrogen (secondary N) is 1. The largest absolute Gasteiger partial charge is 0.444 e. The van der Waals surface area contributed by atoms with Crippen molar-refractivity contribution in [3.63, 3.8) is 0 Å². The van der Waals surface area contributed by atoms with Crippen LogP contribution in [0.1, 0.15) is 24.1 Å². The molecule has 1 fully saturated rings. The lowest BCUT2D eigenvalue weighted by Gasteiger charge is -1.96. The molecule has 0 amide bonds. The van der Waals surface area contributed by atoms with Crippen LogP contribution in [0.5, 0.6) is 0 Å². The fourth-order valence-corrected chi connectivity index (χ4v) is 2.45. The first-order valence-corrected chi connectivity index (χ1v) is 6.48. The second kappa shape index (κ2) is 4.03. The van der Waals surface area contributed by atoms with E-state index in [-0.39, 0.29) is 0 Å². The third-order valence-electron chi connectivity index (χ3n) is 2.79. The molecule has 16 heavy (non-hydrogen) atoms. The lowest BCUT2D eigenvalue weighted by molar-refractivity contribution is 0.570. The van der Waals surface area contributed by atoms with E-state index in [4.69, 9.17) is 4.42 Å². The van der Waals surface area contributed by atoms with Crippen LogP contribution in [-0.4, -0.2) is 11.0 Å². The summed E-state index contributed by atoms with van der Waals surface area (Å²) in [7, 11) is 0. The zero-order chi connectivity index (χ0) is 11.0. The summed E-state index contributed by atoms with van der Waals surface area (Å²) < 4.78 is 5.50. The van der Waals surface area contributed by atoms with Gasteiger partial charge in [-0.05, 0) is 30.7 Å². The Hall–Kier alpha value is -1.13. The van der Waals surface area contributed by atoms with Crippen LogP contribution in [-0.2, 0) is 6.54 Å². The molecular weight excluding hydrogens is 220 g/mol. The van der Waals surface area contributed by atoms with Crippen molar-refractivity contribution in [3.8, 4) is 11.5 Å². The van der Waals surface area contributed by atoms with Crippen LogP contribution in [0.2, 0.25) is 0 Å². The van der Waals surface area contributed by atoms with Gasteiger partial charge in [-0.3, -0.25) is 0 Å². The molecule has 0 unspecified atom stereocenters. The van der Waals surface area contributed by atoms with E-state index in [0.29, 0.717) is 6.04 Å². The Kier molecular flexibility index (Phi) is 2.53. The molecule has 1 saturated carbocycles. The normalized spacial score (nSPS) is 15.6. The Morgan fingerprint density at radius 1 is 1.50 bits per heavy atom. The maximum absolute atomic E-state index is 5.50. The van der Waals surface area contributed by atoms with Gasteiger partial charge in [-0.15, -0.1) is 0 Å². The van der Waals surface area contributed by atoms with E-state index in [0.717, 1.165) is 23.7 Å². The van der Waals surface area contributed by atoms with Gasteiger partial charge < -0.3 is 9.73 Å². The SMILES string of the molecule is Cc1cscc1-c1nc(CNC2CC2)co1. The average molecular weight is 234 g/mol. The highest BCUT2D eigenvalue weighted by Crippen LogP contribution is 2.26. The highest BCUT2D eigenvalue weighted by Gasteiger charge is 2.20. The second-order valence-electron chi connectivity index (χ2n) is 4.27. The van der Waals surface area contributed by atoms with E-state index >= 15 is 0 Å². The molecule has 84 valence electrons. The van der Waals surface area contributed by atoms with Gasteiger partial charge in [0.05, 0.1) is 11.3 Å². The Labute approximate surface area is 98.5 Å². The number of aromatic nitrogens is 1. The summed E-state index contributed by atoms with van der Waals surface area (Å²) in [5.74, 6) is 0.742. The molecule has 2 heterocycles. The van der Waals surface area contributed by atoms with Crippen LogP contribution in [0.4, 0.5) is 0 Å². The van der Waals surface area contributed by atoms with Gasteiger partial charge in [0.1, 0.15) is 6.26 Å². The molecule has 1 aliphatic rings. The van der Waals surface area contributed by atoms with E-state index in [1.807, 2.05) is 0 Å². The van der Waals surface area contributed by atoms with E-state index in [1.54, 1.807) is 17.6 Å². The van der Waals surface area contributed by atoms with Crippen LogP contribution in [0.3, 0.4) is 0 Å². The third-order valence-corrected chi connectivity index (χ3v) is 3.65. The van der Waals surface area contributed by atoms with Gasteiger partial charge in [-0.2, -0.15) is 11.3 Å². The van der Waals surface area contributed by atoms with Crippen LogP contribution >= 0.6 is 11.3 Å². The van der Waals surface area contributed by atoms with E-state index < -0.39 is 0 Å². The number of nitrogens with zero attached hydrogens (tertiary/aromatic N) is 1. The lowest BCUT2D eigenvalue weighted by atomic mass is 10.2. The summed E-state index contributed by atoms with van der Waals surface area (Å²) in [5, 5.41) is 7.62. The first-order valence-electron chi connectivity index (χ1n) is 5.54.